The molecule has 0 bridgehead atoms. The summed E-state index contributed by atoms with van der Waals surface area (Å²) >= 11 is 0. The van der Waals surface area contributed by atoms with Crippen molar-refractivity contribution < 1.29 is 4.42 Å². The molecule has 226 valence electrons. The number of pyridine rings is 1. The van der Waals surface area contributed by atoms with E-state index in [9.17, 15) is 0 Å². The Labute approximate surface area is 267 Å². The summed E-state index contributed by atoms with van der Waals surface area (Å²) in [7, 11) is 0. The minimum atomic E-state index is -0.793. The molecule has 7 heteroatoms. The van der Waals surface area contributed by atoms with Gasteiger partial charge in [0.25, 0.3) is 0 Å². The molecule has 0 saturated heterocycles. The molecule has 0 saturated carbocycles. The molecule has 0 spiro atoms. The highest BCUT2D eigenvalue weighted by atomic mass is 16.3. The van der Waals surface area contributed by atoms with E-state index in [1.807, 2.05) is 66.7 Å². The number of para-hydroxylation sites is 2. The van der Waals surface area contributed by atoms with Crippen LogP contribution >= 0.6 is 0 Å². The van der Waals surface area contributed by atoms with Gasteiger partial charge in [-0.2, -0.15) is 0 Å². The zero-order valence-electron chi connectivity index (χ0n) is 25.2. The fourth-order valence-corrected chi connectivity index (χ4v) is 6.28. The fraction of sp³-hybridized carbons (Fsp3) is 0.0769. The number of nitrogens with one attached hydrogen (secondary N) is 2. The number of anilines is 3. The number of aromatic nitrogens is 2. The van der Waals surface area contributed by atoms with E-state index in [0.29, 0.717) is 29.6 Å². The van der Waals surface area contributed by atoms with Gasteiger partial charge in [-0.05, 0) is 46.0 Å². The van der Waals surface area contributed by atoms with E-state index >= 15 is 0 Å². The SMILES string of the molecule is NNc1nc(NC(c2ccccc2)(c2ccccc2)c2ccccc2)cc(C(Cc2nc3ccccc3o2)c2ccccc2)c1N. The lowest BCUT2D eigenvalue weighted by Gasteiger charge is -2.37. The maximum Gasteiger partial charge on any atom is 0.196 e. The number of oxazole rings is 1. The maximum absolute atomic E-state index is 6.84. The number of hydrogen-bond acceptors (Lipinski definition) is 7. The van der Waals surface area contributed by atoms with Crippen molar-refractivity contribution >= 4 is 28.4 Å². The average molecular weight is 603 g/mol. The first-order chi connectivity index (χ1) is 22.7. The first-order valence-electron chi connectivity index (χ1n) is 15.3. The highest BCUT2D eigenvalue weighted by Gasteiger charge is 2.37. The predicted octanol–water partition coefficient (Wildman–Crippen LogP) is 7.87. The highest BCUT2D eigenvalue weighted by molar-refractivity contribution is 5.73. The van der Waals surface area contributed by atoms with Gasteiger partial charge in [0.15, 0.2) is 17.3 Å². The second-order valence-electron chi connectivity index (χ2n) is 11.2. The Morgan fingerprint density at radius 3 is 1.72 bits per heavy atom. The molecule has 1 atom stereocenters. The summed E-state index contributed by atoms with van der Waals surface area (Å²) in [5, 5.41) is 3.87. The van der Waals surface area contributed by atoms with Crippen molar-refractivity contribution in [1.82, 2.24) is 9.97 Å². The number of nitrogens with zero attached hydrogens (tertiary/aromatic N) is 2. The minimum absolute atomic E-state index is 0.204. The Balaban J connectivity index is 1.41. The molecular formula is C39H34N6O. The Hall–Kier alpha value is -5.92. The average Bonchev–Trinajstić information content (AvgIpc) is 3.54. The van der Waals surface area contributed by atoms with Crippen molar-refractivity contribution in [2.45, 2.75) is 17.9 Å². The molecule has 1 unspecified atom stereocenters. The second kappa shape index (κ2) is 12.6. The van der Waals surface area contributed by atoms with Crippen LogP contribution in [-0.4, -0.2) is 9.97 Å². The van der Waals surface area contributed by atoms with Gasteiger partial charge in [-0.25, -0.2) is 15.8 Å². The molecule has 6 N–H and O–H groups in total. The first kappa shape index (κ1) is 28.8. The fourth-order valence-electron chi connectivity index (χ4n) is 6.28. The van der Waals surface area contributed by atoms with Crippen LogP contribution < -0.4 is 22.3 Å². The highest BCUT2D eigenvalue weighted by Crippen LogP contribution is 2.42. The number of hydrogen-bond donors (Lipinski definition) is 4. The Morgan fingerprint density at radius 2 is 1.17 bits per heavy atom. The van der Waals surface area contributed by atoms with Gasteiger partial charge < -0.3 is 20.9 Å². The lowest BCUT2D eigenvalue weighted by Crippen LogP contribution is -2.38. The molecule has 0 aliphatic rings. The van der Waals surface area contributed by atoms with Crippen LogP contribution in [0.2, 0.25) is 0 Å². The summed E-state index contributed by atoms with van der Waals surface area (Å²) in [6, 6.07) is 51.3. The number of rotatable bonds is 10. The van der Waals surface area contributed by atoms with Gasteiger partial charge >= 0.3 is 0 Å². The number of nitrogen functional groups attached to an aromatic ring is 2. The van der Waals surface area contributed by atoms with E-state index in [1.54, 1.807) is 0 Å². The molecule has 0 radical (unpaired) electrons. The van der Waals surface area contributed by atoms with Gasteiger partial charge in [-0.3, -0.25) is 0 Å². The molecule has 7 rings (SSSR count). The smallest absolute Gasteiger partial charge is 0.196 e. The summed E-state index contributed by atoms with van der Waals surface area (Å²) in [4.78, 5) is 9.72. The largest absolute Gasteiger partial charge is 0.441 e. The van der Waals surface area contributed by atoms with Crippen LogP contribution in [0.4, 0.5) is 17.3 Å². The van der Waals surface area contributed by atoms with Gasteiger partial charge in [0.2, 0.25) is 0 Å². The number of fused-ring (bicyclic) bond motifs is 1. The Kier molecular flexibility index (Phi) is 7.89. The molecular weight excluding hydrogens is 568 g/mol. The Morgan fingerprint density at radius 1 is 0.652 bits per heavy atom. The maximum atomic E-state index is 6.84. The van der Waals surface area contributed by atoms with E-state index in [4.69, 9.17) is 26.0 Å². The zero-order chi connectivity index (χ0) is 31.3. The number of benzene rings is 5. The second-order valence-corrected chi connectivity index (χ2v) is 11.2. The van der Waals surface area contributed by atoms with Gasteiger partial charge in [0.1, 0.15) is 16.9 Å². The number of nitrogens with two attached hydrogens (primary N) is 2. The summed E-state index contributed by atoms with van der Waals surface area (Å²) in [5.41, 5.74) is 15.9. The van der Waals surface area contributed by atoms with E-state index in [2.05, 4.69) is 95.7 Å². The van der Waals surface area contributed by atoms with Crippen LogP contribution in [0.1, 0.15) is 39.6 Å². The molecule has 0 aliphatic heterocycles. The summed E-state index contributed by atoms with van der Waals surface area (Å²) in [5.74, 6) is 7.47. The lowest BCUT2D eigenvalue weighted by molar-refractivity contribution is 0.514. The van der Waals surface area contributed by atoms with Gasteiger partial charge in [-0.1, -0.05) is 133 Å². The monoisotopic (exact) mass is 602 g/mol. The first-order valence-corrected chi connectivity index (χ1v) is 15.3. The third-order valence-electron chi connectivity index (χ3n) is 8.46. The van der Waals surface area contributed by atoms with E-state index in [-0.39, 0.29) is 5.92 Å². The van der Waals surface area contributed by atoms with Crippen LogP contribution in [0.25, 0.3) is 11.1 Å². The summed E-state index contributed by atoms with van der Waals surface area (Å²) in [6.45, 7) is 0. The van der Waals surface area contributed by atoms with Crippen molar-refractivity contribution in [2.24, 2.45) is 5.84 Å². The van der Waals surface area contributed by atoms with Crippen molar-refractivity contribution in [1.29, 1.82) is 0 Å². The van der Waals surface area contributed by atoms with E-state index < -0.39 is 5.54 Å². The van der Waals surface area contributed by atoms with E-state index in [0.717, 1.165) is 38.9 Å². The molecule has 5 aromatic carbocycles. The molecule has 7 nitrogen and oxygen atoms in total. The summed E-state index contributed by atoms with van der Waals surface area (Å²) < 4.78 is 6.20. The van der Waals surface area contributed by atoms with Crippen molar-refractivity contribution in [2.75, 3.05) is 16.5 Å². The number of hydrazine groups is 1. The quantitative estimate of drug-likeness (QED) is 0.0715. The van der Waals surface area contributed by atoms with E-state index in [1.165, 1.54) is 0 Å². The topological polar surface area (TPSA) is 115 Å². The van der Waals surface area contributed by atoms with Gasteiger partial charge in [0, 0.05) is 12.3 Å². The van der Waals surface area contributed by atoms with Crippen LogP contribution in [-0.2, 0) is 12.0 Å². The van der Waals surface area contributed by atoms with Crippen molar-refractivity contribution in [3.8, 4) is 0 Å². The minimum Gasteiger partial charge on any atom is -0.441 e. The predicted molar refractivity (Wildman–Crippen MR) is 185 cm³/mol. The summed E-state index contributed by atoms with van der Waals surface area (Å²) in [6.07, 6.45) is 0.484. The van der Waals surface area contributed by atoms with Crippen LogP contribution in [0.3, 0.4) is 0 Å². The lowest BCUT2D eigenvalue weighted by atomic mass is 9.77. The normalized spacial score (nSPS) is 12.1. The molecule has 7 aromatic rings. The van der Waals surface area contributed by atoms with Gasteiger partial charge in [-0.15, -0.1) is 0 Å². The van der Waals surface area contributed by atoms with Crippen LogP contribution in [0.5, 0.6) is 0 Å². The third kappa shape index (κ3) is 5.44. The van der Waals surface area contributed by atoms with Crippen LogP contribution in [0.15, 0.2) is 156 Å². The van der Waals surface area contributed by atoms with Crippen molar-refractivity contribution in [3.63, 3.8) is 0 Å². The standard InChI is InChI=1S/C39H34N6O/c40-37-32(31(27-15-5-1-6-16-27)26-36-42-33-23-13-14-24-34(33)46-36)25-35(43-38(37)45-41)44-39(28-17-7-2-8-18-28,29-19-9-3-10-20-29)30-21-11-4-12-22-30/h1-25,31H,26,40-41H2,(H2,43,44,45). The third-order valence-corrected chi connectivity index (χ3v) is 8.46. The Bertz CT molecular complexity index is 1920. The zero-order valence-corrected chi connectivity index (χ0v) is 25.2. The molecule has 2 heterocycles. The van der Waals surface area contributed by atoms with Gasteiger partial charge in [0.05, 0.1) is 5.69 Å². The molecule has 2 aromatic heterocycles. The molecule has 0 fully saturated rings. The van der Waals surface area contributed by atoms with Crippen molar-refractivity contribution in [3.05, 3.63) is 185 Å². The molecule has 0 aliphatic carbocycles. The van der Waals surface area contributed by atoms with Crippen LogP contribution in [0, 0.1) is 0 Å². The molecule has 46 heavy (non-hydrogen) atoms. The molecule has 0 amide bonds.